The summed E-state index contributed by atoms with van der Waals surface area (Å²) in [6.45, 7) is 0. The third-order valence-corrected chi connectivity index (χ3v) is 10.5. The van der Waals surface area contributed by atoms with Crippen LogP contribution in [0.2, 0.25) is 0 Å². The second-order valence-electron chi connectivity index (χ2n) is 12.7. The number of furan rings is 2. The Morgan fingerprint density at radius 2 is 0.979 bits per heavy atom. The Hall–Kier alpha value is -6.32. The van der Waals surface area contributed by atoms with Crippen LogP contribution in [0.5, 0.6) is 0 Å². The highest BCUT2D eigenvalue weighted by atomic mass is 16.3. The molecule has 1 aliphatic carbocycles. The number of hydrogen-bond donors (Lipinski definition) is 0. The number of fused-ring (bicyclic) bond motifs is 17. The van der Waals surface area contributed by atoms with E-state index in [-0.39, 0.29) is 0 Å². The predicted octanol–water partition coefficient (Wildman–Crippen LogP) is 12.5. The molecule has 0 radical (unpaired) electrons. The van der Waals surface area contributed by atoms with Crippen molar-refractivity contribution in [3.63, 3.8) is 0 Å². The first-order chi connectivity index (χ1) is 23.3. The number of hydrogen-bond acceptors (Lipinski definition) is 2. The van der Waals surface area contributed by atoms with Crippen LogP contribution in [0.3, 0.4) is 0 Å². The minimum Gasteiger partial charge on any atom is -0.456 e. The standard InChI is InChI=1S/C44H23NO2/c1-2-11-25-24(10-1)26-15-9-16-28-34(22-20-27(25)38(26)28)45-33-17-6-3-12-29(33)39-32-21-23-37-40(30-13-4-7-18-35(30)46-37)41(32)42-31-14-5-8-19-36(31)47-44(42)43(39)45/h1-23H. The molecule has 3 aromatic heterocycles. The quantitative estimate of drug-likeness (QED) is 0.188. The van der Waals surface area contributed by atoms with Crippen molar-refractivity contribution in [2.45, 2.75) is 0 Å². The molecule has 3 heterocycles. The second kappa shape index (κ2) is 8.28. The second-order valence-corrected chi connectivity index (χ2v) is 12.7. The van der Waals surface area contributed by atoms with E-state index < -0.39 is 0 Å². The highest BCUT2D eigenvalue weighted by Gasteiger charge is 2.28. The van der Waals surface area contributed by atoms with E-state index in [1.807, 2.05) is 6.07 Å². The fourth-order valence-electron chi connectivity index (χ4n) is 8.71. The molecular weight excluding hydrogens is 574 g/mol. The average Bonchev–Trinajstić information content (AvgIpc) is 3.87. The van der Waals surface area contributed by atoms with E-state index in [1.54, 1.807) is 0 Å². The summed E-state index contributed by atoms with van der Waals surface area (Å²) in [4.78, 5) is 0. The van der Waals surface area contributed by atoms with Gasteiger partial charge in [-0.3, -0.25) is 0 Å². The topological polar surface area (TPSA) is 31.2 Å². The first-order valence-corrected chi connectivity index (χ1v) is 16.1. The summed E-state index contributed by atoms with van der Waals surface area (Å²) < 4.78 is 15.9. The van der Waals surface area contributed by atoms with Crippen molar-refractivity contribution in [1.82, 2.24) is 4.57 Å². The van der Waals surface area contributed by atoms with Gasteiger partial charge in [0.05, 0.1) is 16.7 Å². The summed E-state index contributed by atoms with van der Waals surface area (Å²) in [6.07, 6.45) is 0. The zero-order chi connectivity index (χ0) is 30.4. The van der Waals surface area contributed by atoms with E-state index in [0.717, 1.165) is 60.6 Å². The molecular formula is C44H23NO2. The fraction of sp³-hybridized carbons (Fsp3) is 0. The molecule has 0 unspecified atom stereocenters. The van der Waals surface area contributed by atoms with Gasteiger partial charge in [0, 0.05) is 43.1 Å². The molecule has 8 aromatic carbocycles. The molecule has 0 amide bonds. The van der Waals surface area contributed by atoms with Crippen molar-refractivity contribution in [1.29, 1.82) is 0 Å². The third kappa shape index (κ3) is 2.81. The van der Waals surface area contributed by atoms with Gasteiger partial charge in [-0.05, 0) is 69.4 Å². The molecule has 3 nitrogen and oxygen atoms in total. The minimum absolute atomic E-state index is 0.883. The zero-order valence-corrected chi connectivity index (χ0v) is 25.0. The lowest BCUT2D eigenvalue weighted by molar-refractivity contribution is 0.669. The Bertz CT molecular complexity index is 3160. The van der Waals surface area contributed by atoms with Crippen LogP contribution in [-0.2, 0) is 0 Å². The Kier molecular flexibility index (Phi) is 4.22. The highest BCUT2D eigenvalue weighted by molar-refractivity contribution is 6.41. The summed E-state index contributed by atoms with van der Waals surface area (Å²) in [5, 5.41) is 11.8. The lowest BCUT2D eigenvalue weighted by atomic mass is 9.95. The molecule has 11 aromatic rings. The molecule has 47 heavy (non-hydrogen) atoms. The van der Waals surface area contributed by atoms with Crippen molar-refractivity contribution in [3.8, 4) is 27.9 Å². The summed E-state index contributed by atoms with van der Waals surface area (Å²) in [6, 6.07) is 50.2. The molecule has 0 saturated carbocycles. The zero-order valence-electron chi connectivity index (χ0n) is 25.0. The van der Waals surface area contributed by atoms with Crippen LogP contribution in [0.25, 0.3) is 115 Å². The number of para-hydroxylation sites is 3. The molecule has 3 heteroatoms. The summed E-state index contributed by atoms with van der Waals surface area (Å²) in [7, 11) is 0. The number of rotatable bonds is 1. The molecule has 0 atom stereocenters. The van der Waals surface area contributed by atoms with Crippen molar-refractivity contribution >= 4 is 87.2 Å². The van der Waals surface area contributed by atoms with Crippen LogP contribution in [0.15, 0.2) is 148 Å². The number of nitrogens with zero attached hydrogens (tertiary/aromatic N) is 1. The van der Waals surface area contributed by atoms with E-state index in [4.69, 9.17) is 8.83 Å². The normalized spacial score (nSPS) is 12.7. The van der Waals surface area contributed by atoms with Crippen LogP contribution in [0.4, 0.5) is 0 Å². The average molecular weight is 598 g/mol. The smallest absolute Gasteiger partial charge is 0.160 e. The van der Waals surface area contributed by atoms with Gasteiger partial charge in [-0.1, -0.05) is 103 Å². The van der Waals surface area contributed by atoms with E-state index in [2.05, 4.69) is 138 Å². The third-order valence-electron chi connectivity index (χ3n) is 10.5. The van der Waals surface area contributed by atoms with Crippen molar-refractivity contribution in [3.05, 3.63) is 140 Å². The molecule has 12 rings (SSSR count). The van der Waals surface area contributed by atoms with Crippen molar-refractivity contribution in [2.75, 3.05) is 0 Å². The maximum atomic E-state index is 6.97. The molecule has 0 N–H and O–H groups in total. The maximum Gasteiger partial charge on any atom is 0.160 e. The Labute approximate surface area is 267 Å². The minimum atomic E-state index is 0.883. The highest BCUT2D eigenvalue weighted by Crippen LogP contribution is 2.52. The van der Waals surface area contributed by atoms with Crippen LogP contribution >= 0.6 is 0 Å². The number of benzene rings is 8. The maximum absolute atomic E-state index is 6.97. The monoisotopic (exact) mass is 597 g/mol. The molecule has 0 aliphatic heterocycles. The first kappa shape index (κ1) is 24.0. The molecule has 1 aliphatic rings. The van der Waals surface area contributed by atoms with E-state index in [1.165, 1.54) is 54.6 Å². The lowest BCUT2D eigenvalue weighted by Gasteiger charge is -2.14. The molecule has 216 valence electrons. The van der Waals surface area contributed by atoms with Crippen LogP contribution in [0.1, 0.15) is 0 Å². The van der Waals surface area contributed by atoms with Crippen LogP contribution in [0, 0.1) is 0 Å². The van der Waals surface area contributed by atoms with Crippen LogP contribution < -0.4 is 0 Å². The van der Waals surface area contributed by atoms with Gasteiger partial charge in [-0.15, -0.1) is 0 Å². The van der Waals surface area contributed by atoms with Gasteiger partial charge in [-0.2, -0.15) is 0 Å². The van der Waals surface area contributed by atoms with Crippen LogP contribution in [-0.4, -0.2) is 4.57 Å². The van der Waals surface area contributed by atoms with E-state index >= 15 is 0 Å². The van der Waals surface area contributed by atoms with Crippen molar-refractivity contribution in [2.24, 2.45) is 0 Å². The van der Waals surface area contributed by atoms with Gasteiger partial charge in [0.25, 0.3) is 0 Å². The van der Waals surface area contributed by atoms with Gasteiger partial charge in [0.2, 0.25) is 0 Å². The number of aromatic nitrogens is 1. The van der Waals surface area contributed by atoms with E-state index in [9.17, 15) is 0 Å². The fourth-order valence-corrected chi connectivity index (χ4v) is 8.71. The molecule has 0 saturated heterocycles. The molecule has 0 bridgehead atoms. The SMILES string of the molecule is c1ccc2c(c1)-c1cccc3c(-n4c5ccccc5c5c6ccc7oc8ccccc8c7c6c6c7ccccc7oc6c54)ccc-2c13. The van der Waals surface area contributed by atoms with Gasteiger partial charge < -0.3 is 13.4 Å². The van der Waals surface area contributed by atoms with Crippen molar-refractivity contribution < 1.29 is 8.83 Å². The summed E-state index contributed by atoms with van der Waals surface area (Å²) in [5.41, 5.74) is 12.2. The first-order valence-electron chi connectivity index (χ1n) is 16.1. The Balaban J connectivity index is 1.36. The van der Waals surface area contributed by atoms with Gasteiger partial charge >= 0.3 is 0 Å². The molecule has 0 spiro atoms. The van der Waals surface area contributed by atoms with Gasteiger partial charge in [0.15, 0.2) is 5.58 Å². The van der Waals surface area contributed by atoms with E-state index in [0.29, 0.717) is 0 Å². The summed E-state index contributed by atoms with van der Waals surface area (Å²) in [5.74, 6) is 0. The largest absolute Gasteiger partial charge is 0.456 e. The lowest BCUT2D eigenvalue weighted by Crippen LogP contribution is -1.96. The molecule has 0 fully saturated rings. The Morgan fingerprint density at radius 1 is 0.340 bits per heavy atom. The van der Waals surface area contributed by atoms with Gasteiger partial charge in [0.1, 0.15) is 16.7 Å². The Morgan fingerprint density at radius 3 is 1.81 bits per heavy atom. The van der Waals surface area contributed by atoms with Gasteiger partial charge in [-0.25, -0.2) is 0 Å². The summed E-state index contributed by atoms with van der Waals surface area (Å²) >= 11 is 0. The predicted molar refractivity (Wildman–Crippen MR) is 195 cm³/mol.